The second kappa shape index (κ2) is 6.65. The van der Waals surface area contributed by atoms with Crippen LogP contribution < -0.4 is 16.0 Å². The first kappa shape index (κ1) is 15.3. The van der Waals surface area contributed by atoms with Gasteiger partial charge in [-0.15, -0.1) is 0 Å². The Morgan fingerprint density at radius 3 is 2.95 bits per heavy atom. The van der Waals surface area contributed by atoms with Crippen LogP contribution >= 0.6 is 0 Å². The number of hydrogen-bond acceptors (Lipinski definition) is 5. The molecule has 0 radical (unpaired) electrons. The fourth-order valence-corrected chi connectivity index (χ4v) is 3.49. The normalized spacial score (nSPS) is 28.9. The molecule has 1 aromatic rings. The van der Waals surface area contributed by atoms with E-state index in [0.717, 1.165) is 44.1 Å². The van der Waals surface area contributed by atoms with Crippen LogP contribution in [0.2, 0.25) is 0 Å². The summed E-state index contributed by atoms with van der Waals surface area (Å²) >= 11 is 0. The van der Waals surface area contributed by atoms with Crippen molar-refractivity contribution in [1.82, 2.24) is 9.97 Å². The van der Waals surface area contributed by atoms with E-state index in [4.69, 9.17) is 5.73 Å². The van der Waals surface area contributed by atoms with E-state index in [9.17, 15) is 0 Å². The standard InChI is InChI=1S/C17H27N5/c1-3-13-4-5-15(12(2)10-13)20-17-19-8-6-16(21-17)22-9-7-14(18)11-22/h6,8,13-15H,2-5,7,9-11,18H2,1H3,(H,19,20,21)/t13?,14-,15?/m1/s1. The summed E-state index contributed by atoms with van der Waals surface area (Å²) in [6.07, 6.45) is 7.61. The number of rotatable bonds is 4. The van der Waals surface area contributed by atoms with Crippen molar-refractivity contribution in [3.8, 4) is 0 Å². The number of aromatic nitrogens is 2. The Labute approximate surface area is 133 Å². The van der Waals surface area contributed by atoms with Gasteiger partial charge in [0.2, 0.25) is 5.95 Å². The van der Waals surface area contributed by atoms with Gasteiger partial charge in [0.15, 0.2) is 0 Å². The molecule has 3 rings (SSSR count). The molecule has 0 bridgehead atoms. The molecule has 0 amide bonds. The Kier molecular flexibility index (Phi) is 4.62. The van der Waals surface area contributed by atoms with Gasteiger partial charge in [0, 0.05) is 31.4 Å². The molecule has 5 heteroatoms. The van der Waals surface area contributed by atoms with Crippen LogP contribution in [0.5, 0.6) is 0 Å². The van der Waals surface area contributed by atoms with Gasteiger partial charge in [0.1, 0.15) is 5.82 Å². The first-order valence-corrected chi connectivity index (χ1v) is 8.43. The molecular formula is C17H27N5. The topological polar surface area (TPSA) is 67.1 Å². The molecule has 3 N–H and O–H groups in total. The van der Waals surface area contributed by atoms with E-state index in [1.807, 2.05) is 12.3 Å². The average Bonchev–Trinajstić information content (AvgIpc) is 2.96. The van der Waals surface area contributed by atoms with Crippen molar-refractivity contribution in [2.24, 2.45) is 11.7 Å². The van der Waals surface area contributed by atoms with Crippen LogP contribution in [-0.4, -0.2) is 35.1 Å². The van der Waals surface area contributed by atoms with Gasteiger partial charge in [-0.05, 0) is 37.7 Å². The number of anilines is 2. The lowest BCUT2D eigenvalue weighted by molar-refractivity contribution is 0.392. The van der Waals surface area contributed by atoms with Crippen LogP contribution in [0.4, 0.5) is 11.8 Å². The van der Waals surface area contributed by atoms with Gasteiger partial charge < -0.3 is 16.0 Å². The summed E-state index contributed by atoms with van der Waals surface area (Å²) in [5.41, 5.74) is 7.27. The number of nitrogens with zero attached hydrogens (tertiary/aromatic N) is 3. The molecular weight excluding hydrogens is 274 g/mol. The van der Waals surface area contributed by atoms with Gasteiger partial charge >= 0.3 is 0 Å². The first-order valence-electron chi connectivity index (χ1n) is 8.43. The summed E-state index contributed by atoms with van der Waals surface area (Å²) in [4.78, 5) is 11.3. The van der Waals surface area contributed by atoms with Crippen LogP contribution in [0.15, 0.2) is 24.4 Å². The van der Waals surface area contributed by atoms with Crippen molar-refractivity contribution >= 4 is 11.8 Å². The third-order valence-electron chi connectivity index (χ3n) is 4.98. The Morgan fingerprint density at radius 2 is 2.27 bits per heavy atom. The van der Waals surface area contributed by atoms with Crippen LogP contribution in [0.1, 0.15) is 39.0 Å². The minimum Gasteiger partial charge on any atom is -0.355 e. The Hall–Kier alpha value is -1.62. The predicted octanol–water partition coefficient (Wildman–Crippen LogP) is 2.56. The maximum Gasteiger partial charge on any atom is 0.225 e. The lowest BCUT2D eigenvalue weighted by atomic mass is 9.81. The van der Waals surface area contributed by atoms with Gasteiger partial charge in [-0.3, -0.25) is 0 Å². The highest BCUT2D eigenvalue weighted by Crippen LogP contribution is 2.31. The maximum absolute atomic E-state index is 5.98. The second-order valence-electron chi connectivity index (χ2n) is 6.64. The fraction of sp³-hybridized carbons (Fsp3) is 0.647. The van der Waals surface area contributed by atoms with Crippen molar-refractivity contribution in [3.63, 3.8) is 0 Å². The van der Waals surface area contributed by atoms with E-state index in [-0.39, 0.29) is 6.04 Å². The minimum atomic E-state index is 0.260. The second-order valence-corrected chi connectivity index (χ2v) is 6.64. The summed E-state index contributed by atoms with van der Waals surface area (Å²) in [6, 6.07) is 2.53. The van der Waals surface area contributed by atoms with E-state index < -0.39 is 0 Å². The highest BCUT2D eigenvalue weighted by atomic mass is 15.2. The van der Waals surface area contributed by atoms with Crippen molar-refractivity contribution < 1.29 is 0 Å². The largest absolute Gasteiger partial charge is 0.355 e. The summed E-state index contributed by atoms with van der Waals surface area (Å²) in [5, 5.41) is 3.47. The third kappa shape index (κ3) is 3.40. The highest BCUT2D eigenvalue weighted by Gasteiger charge is 2.24. The average molecular weight is 301 g/mol. The van der Waals surface area contributed by atoms with E-state index in [1.165, 1.54) is 18.4 Å². The van der Waals surface area contributed by atoms with Crippen molar-refractivity contribution in [3.05, 3.63) is 24.4 Å². The zero-order chi connectivity index (χ0) is 15.5. The molecule has 120 valence electrons. The summed E-state index contributed by atoms with van der Waals surface area (Å²) in [7, 11) is 0. The molecule has 2 heterocycles. The molecule has 5 nitrogen and oxygen atoms in total. The molecule has 1 aromatic heterocycles. The first-order chi connectivity index (χ1) is 10.7. The van der Waals surface area contributed by atoms with Crippen LogP contribution in [-0.2, 0) is 0 Å². The summed E-state index contributed by atoms with van der Waals surface area (Å²) in [5.74, 6) is 2.47. The SMILES string of the molecule is C=C1CC(CC)CCC1Nc1nccc(N2CC[C@@H](N)C2)n1. The number of nitrogens with two attached hydrogens (primary N) is 1. The number of hydrogen-bond donors (Lipinski definition) is 2. The molecule has 1 saturated heterocycles. The minimum absolute atomic E-state index is 0.260. The molecule has 2 aliphatic rings. The zero-order valence-corrected chi connectivity index (χ0v) is 13.5. The van der Waals surface area contributed by atoms with E-state index in [0.29, 0.717) is 12.0 Å². The third-order valence-corrected chi connectivity index (χ3v) is 4.98. The lowest BCUT2D eigenvalue weighted by Crippen LogP contribution is -2.30. The van der Waals surface area contributed by atoms with Crippen molar-refractivity contribution in [2.45, 2.75) is 51.1 Å². The molecule has 0 spiro atoms. The van der Waals surface area contributed by atoms with Gasteiger partial charge in [0.25, 0.3) is 0 Å². The van der Waals surface area contributed by atoms with E-state index in [1.54, 1.807) is 0 Å². The van der Waals surface area contributed by atoms with Crippen LogP contribution in [0.25, 0.3) is 0 Å². The highest BCUT2D eigenvalue weighted by molar-refractivity contribution is 5.44. The van der Waals surface area contributed by atoms with Crippen molar-refractivity contribution in [1.29, 1.82) is 0 Å². The van der Waals surface area contributed by atoms with E-state index in [2.05, 4.69) is 33.7 Å². The zero-order valence-electron chi connectivity index (χ0n) is 13.5. The molecule has 1 saturated carbocycles. The molecule has 2 fully saturated rings. The van der Waals surface area contributed by atoms with Gasteiger partial charge in [-0.25, -0.2) is 4.98 Å². The number of nitrogens with one attached hydrogen (secondary N) is 1. The summed E-state index contributed by atoms with van der Waals surface area (Å²) in [6.45, 7) is 8.38. The molecule has 1 aliphatic heterocycles. The molecule has 2 unspecified atom stereocenters. The lowest BCUT2D eigenvalue weighted by Gasteiger charge is -2.31. The quantitative estimate of drug-likeness (QED) is 0.837. The van der Waals surface area contributed by atoms with Crippen molar-refractivity contribution in [2.75, 3.05) is 23.3 Å². The Bertz CT molecular complexity index is 530. The Balaban J connectivity index is 1.64. The molecule has 22 heavy (non-hydrogen) atoms. The monoisotopic (exact) mass is 301 g/mol. The van der Waals surface area contributed by atoms with E-state index >= 15 is 0 Å². The summed E-state index contributed by atoms with van der Waals surface area (Å²) < 4.78 is 0. The smallest absolute Gasteiger partial charge is 0.225 e. The molecule has 0 aromatic carbocycles. The molecule has 3 atom stereocenters. The van der Waals surface area contributed by atoms with Crippen LogP contribution in [0.3, 0.4) is 0 Å². The van der Waals surface area contributed by atoms with Gasteiger partial charge in [-0.2, -0.15) is 4.98 Å². The fourth-order valence-electron chi connectivity index (χ4n) is 3.49. The van der Waals surface area contributed by atoms with Crippen LogP contribution in [0, 0.1) is 5.92 Å². The Morgan fingerprint density at radius 1 is 1.41 bits per heavy atom. The van der Waals surface area contributed by atoms with Gasteiger partial charge in [0.05, 0.1) is 0 Å². The molecule has 1 aliphatic carbocycles. The predicted molar refractivity (Wildman–Crippen MR) is 91.0 cm³/mol. The maximum atomic E-state index is 5.98. The van der Waals surface area contributed by atoms with Gasteiger partial charge in [-0.1, -0.05) is 25.5 Å².